The molecule has 0 bridgehead atoms. The molecule has 7 nitrogen and oxygen atoms in total. The maximum Gasteiger partial charge on any atom is 0.264 e. The molecular weight excluding hydrogens is 454 g/mol. The van der Waals surface area contributed by atoms with E-state index in [0.717, 1.165) is 0 Å². The molecule has 0 aliphatic carbocycles. The Labute approximate surface area is 201 Å². The van der Waals surface area contributed by atoms with Gasteiger partial charge in [-0.3, -0.25) is 14.6 Å². The zero-order chi connectivity index (χ0) is 23.8. The van der Waals surface area contributed by atoms with Crippen LogP contribution in [0.3, 0.4) is 0 Å². The molecule has 2 aromatic carbocycles. The minimum atomic E-state index is -0.684. The van der Waals surface area contributed by atoms with E-state index in [1.165, 1.54) is 6.20 Å². The predicted molar refractivity (Wildman–Crippen MR) is 128 cm³/mol. The highest BCUT2D eigenvalue weighted by molar-refractivity contribution is 6.30. The van der Waals surface area contributed by atoms with Gasteiger partial charge < -0.3 is 14.1 Å². The minimum absolute atomic E-state index is 0.0351. The molecule has 0 fully saturated rings. The number of carbonyl (C=O) groups excluding carboxylic acids is 2. The van der Waals surface area contributed by atoms with Crippen molar-refractivity contribution in [2.45, 2.75) is 18.9 Å². The van der Waals surface area contributed by atoms with E-state index in [1.807, 2.05) is 13.0 Å². The van der Waals surface area contributed by atoms with Crippen molar-refractivity contribution in [2.75, 3.05) is 12.0 Å². The lowest BCUT2D eigenvalue weighted by atomic mass is 9.91. The number of hydrogen-bond acceptors (Lipinski definition) is 6. The number of aromatic nitrogens is 2. The first-order chi connectivity index (χ1) is 16.5. The Morgan fingerprint density at radius 3 is 2.56 bits per heavy atom. The Balaban J connectivity index is 1.54. The van der Waals surface area contributed by atoms with Crippen molar-refractivity contribution in [3.8, 4) is 17.2 Å². The van der Waals surface area contributed by atoms with Crippen LogP contribution < -0.4 is 9.64 Å². The van der Waals surface area contributed by atoms with Crippen LogP contribution in [0.4, 0.5) is 5.69 Å². The van der Waals surface area contributed by atoms with Gasteiger partial charge in [0.05, 0.1) is 19.2 Å². The SMILES string of the molecule is COc1ccc2c(c1)C(C(=O)c1ncc(-c3ccccn3)o1)C(C)N2C(=O)c1ccc(Cl)cc1. The number of halogens is 1. The van der Waals surface area contributed by atoms with Gasteiger partial charge in [-0.1, -0.05) is 17.7 Å². The number of Topliss-reactive ketones (excluding diaryl/α,β-unsaturated/α-hetero) is 1. The number of hydrogen-bond donors (Lipinski definition) is 0. The molecule has 8 heteroatoms. The smallest absolute Gasteiger partial charge is 0.264 e. The summed E-state index contributed by atoms with van der Waals surface area (Å²) in [6.45, 7) is 1.84. The lowest BCUT2D eigenvalue weighted by Crippen LogP contribution is -2.39. The summed E-state index contributed by atoms with van der Waals surface area (Å²) in [5.41, 5.74) is 2.37. The van der Waals surface area contributed by atoms with E-state index in [2.05, 4.69) is 9.97 Å². The first-order valence-corrected chi connectivity index (χ1v) is 11.0. The standard InChI is InChI=1S/C26H20ClN3O4/c1-15-23(24(31)25-29-14-22(34-25)20-5-3-4-12-28-20)19-13-18(33-2)10-11-21(19)30(15)26(32)16-6-8-17(27)9-7-16/h3-15,23H,1-2H3. The second-order valence-corrected chi connectivity index (χ2v) is 8.37. The molecule has 170 valence electrons. The third kappa shape index (κ3) is 3.74. The summed E-state index contributed by atoms with van der Waals surface area (Å²) in [7, 11) is 1.56. The average Bonchev–Trinajstić information content (AvgIpc) is 3.46. The molecule has 0 saturated heterocycles. The molecule has 2 aromatic heterocycles. The number of benzene rings is 2. The van der Waals surface area contributed by atoms with Gasteiger partial charge in [0.1, 0.15) is 11.4 Å². The van der Waals surface area contributed by atoms with E-state index in [9.17, 15) is 9.59 Å². The molecule has 1 amide bonds. The second kappa shape index (κ2) is 8.76. The Bertz CT molecular complexity index is 1370. The van der Waals surface area contributed by atoms with E-state index in [1.54, 1.807) is 72.8 Å². The lowest BCUT2D eigenvalue weighted by molar-refractivity contribution is 0.0910. The normalized spacial score (nSPS) is 16.9. The number of nitrogens with zero attached hydrogens (tertiary/aromatic N) is 3. The Kier molecular flexibility index (Phi) is 5.63. The van der Waals surface area contributed by atoms with Crippen LogP contribution in [0.15, 0.2) is 77.5 Å². The van der Waals surface area contributed by atoms with Gasteiger partial charge in [0.25, 0.3) is 11.8 Å². The van der Waals surface area contributed by atoms with E-state index in [-0.39, 0.29) is 17.6 Å². The van der Waals surface area contributed by atoms with Gasteiger partial charge in [-0.2, -0.15) is 0 Å². The minimum Gasteiger partial charge on any atom is -0.497 e. The molecule has 1 aliphatic rings. The van der Waals surface area contributed by atoms with Crippen molar-refractivity contribution in [3.63, 3.8) is 0 Å². The Morgan fingerprint density at radius 2 is 1.85 bits per heavy atom. The van der Waals surface area contributed by atoms with Crippen molar-refractivity contribution in [1.29, 1.82) is 0 Å². The number of ketones is 1. The zero-order valence-electron chi connectivity index (χ0n) is 18.4. The quantitative estimate of drug-likeness (QED) is 0.360. The average molecular weight is 474 g/mol. The molecule has 0 N–H and O–H groups in total. The molecular formula is C26H20ClN3O4. The van der Waals surface area contributed by atoms with Crippen molar-refractivity contribution >= 4 is 29.0 Å². The highest BCUT2D eigenvalue weighted by atomic mass is 35.5. The molecule has 5 rings (SSSR count). The number of fused-ring (bicyclic) bond motifs is 1. The molecule has 3 heterocycles. The maximum absolute atomic E-state index is 13.6. The summed E-state index contributed by atoms with van der Waals surface area (Å²) in [5, 5.41) is 0.539. The van der Waals surface area contributed by atoms with Crippen LogP contribution in [0.1, 0.15) is 39.4 Å². The summed E-state index contributed by atoms with van der Waals surface area (Å²) < 4.78 is 11.2. The number of ether oxygens (including phenoxy) is 1. The highest BCUT2D eigenvalue weighted by Crippen LogP contribution is 2.45. The topological polar surface area (TPSA) is 85.5 Å². The molecule has 1 aliphatic heterocycles. The first kappa shape index (κ1) is 21.9. The number of carbonyl (C=O) groups is 2. The fraction of sp³-hybridized carbons (Fsp3) is 0.154. The Hall–Kier alpha value is -3.97. The van der Waals surface area contributed by atoms with E-state index >= 15 is 0 Å². The van der Waals surface area contributed by atoms with Crippen LogP contribution >= 0.6 is 11.6 Å². The highest BCUT2D eigenvalue weighted by Gasteiger charge is 2.45. The number of pyridine rings is 1. The number of rotatable bonds is 5. The van der Waals surface area contributed by atoms with Gasteiger partial charge in [-0.25, -0.2) is 4.98 Å². The van der Waals surface area contributed by atoms with E-state index in [0.29, 0.717) is 39.0 Å². The largest absolute Gasteiger partial charge is 0.497 e. The fourth-order valence-corrected chi connectivity index (χ4v) is 4.42. The number of amides is 1. The van der Waals surface area contributed by atoms with Crippen LogP contribution in [0.5, 0.6) is 5.75 Å². The van der Waals surface area contributed by atoms with Crippen LogP contribution in [-0.4, -0.2) is 34.8 Å². The van der Waals surface area contributed by atoms with Crippen molar-refractivity contribution in [3.05, 3.63) is 95.1 Å². The number of anilines is 1. The summed E-state index contributed by atoms with van der Waals surface area (Å²) in [4.78, 5) is 37.2. The third-order valence-corrected chi connectivity index (χ3v) is 6.20. The molecule has 34 heavy (non-hydrogen) atoms. The molecule has 0 spiro atoms. The molecule has 4 aromatic rings. The number of methoxy groups -OCH3 is 1. The second-order valence-electron chi connectivity index (χ2n) is 7.93. The van der Waals surface area contributed by atoms with Gasteiger partial charge in [0, 0.05) is 28.5 Å². The predicted octanol–water partition coefficient (Wildman–Crippen LogP) is 5.41. The van der Waals surface area contributed by atoms with Crippen molar-refractivity contribution in [2.24, 2.45) is 0 Å². The van der Waals surface area contributed by atoms with Crippen molar-refractivity contribution < 1.29 is 18.7 Å². The third-order valence-electron chi connectivity index (χ3n) is 5.95. The van der Waals surface area contributed by atoms with Crippen LogP contribution in [0.2, 0.25) is 5.02 Å². The van der Waals surface area contributed by atoms with Gasteiger partial charge >= 0.3 is 0 Å². The Morgan fingerprint density at radius 1 is 1.06 bits per heavy atom. The van der Waals surface area contributed by atoms with E-state index in [4.69, 9.17) is 20.8 Å². The van der Waals surface area contributed by atoms with Crippen LogP contribution in [0, 0.1) is 0 Å². The molecule has 0 saturated carbocycles. The van der Waals surface area contributed by atoms with Gasteiger partial charge in [-0.15, -0.1) is 0 Å². The van der Waals surface area contributed by atoms with Gasteiger partial charge in [0.2, 0.25) is 5.78 Å². The number of oxazole rings is 1. The lowest BCUT2D eigenvalue weighted by Gasteiger charge is -2.25. The van der Waals surface area contributed by atoms with Gasteiger partial charge in [-0.05, 0) is 67.1 Å². The fourth-order valence-electron chi connectivity index (χ4n) is 4.29. The van der Waals surface area contributed by atoms with Crippen LogP contribution in [0.25, 0.3) is 11.5 Å². The molecule has 2 atom stereocenters. The summed E-state index contributed by atoms with van der Waals surface area (Å²) in [6, 6.07) is 16.9. The first-order valence-electron chi connectivity index (χ1n) is 10.7. The maximum atomic E-state index is 13.6. The monoisotopic (exact) mass is 473 g/mol. The van der Waals surface area contributed by atoms with Crippen molar-refractivity contribution in [1.82, 2.24) is 9.97 Å². The van der Waals surface area contributed by atoms with Crippen LogP contribution in [-0.2, 0) is 0 Å². The zero-order valence-corrected chi connectivity index (χ0v) is 19.2. The molecule has 2 unspecified atom stereocenters. The van der Waals surface area contributed by atoms with E-state index < -0.39 is 12.0 Å². The summed E-state index contributed by atoms with van der Waals surface area (Å²) in [6.07, 6.45) is 3.12. The van der Waals surface area contributed by atoms with Gasteiger partial charge in [0.15, 0.2) is 5.76 Å². The molecule has 0 radical (unpaired) electrons. The summed E-state index contributed by atoms with van der Waals surface area (Å²) >= 11 is 5.99. The summed E-state index contributed by atoms with van der Waals surface area (Å²) in [5.74, 6) is -0.285.